The van der Waals surface area contributed by atoms with Gasteiger partial charge in [0.15, 0.2) is 5.82 Å². The summed E-state index contributed by atoms with van der Waals surface area (Å²) in [5, 5.41) is 0. The van der Waals surface area contributed by atoms with Crippen molar-refractivity contribution < 1.29 is 0 Å². The summed E-state index contributed by atoms with van der Waals surface area (Å²) in [7, 11) is 0. The Balaban J connectivity index is 2.29. The molecule has 3 nitrogen and oxygen atoms in total. The molecule has 1 aromatic carbocycles. The predicted molar refractivity (Wildman–Crippen MR) is 70.7 cm³/mol. The van der Waals surface area contributed by atoms with E-state index >= 15 is 0 Å². The van der Waals surface area contributed by atoms with Crippen LogP contribution in [-0.2, 0) is 5.88 Å². The summed E-state index contributed by atoms with van der Waals surface area (Å²) in [6, 6.07) is 10.1. The van der Waals surface area contributed by atoms with Crippen molar-refractivity contribution >= 4 is 23.1 Å². The number of halogens is 1. The second-order valence-electron chi connectivity index (χ2n) is 3.58. The summed E-state index contributed by atoms with van der Waals surface area (Å²) in [6.07, 6.45) is 3.47. The fraction of sp³-hybridized carbons (Fsp3) is 0.231. The van der Waals surface area contributed by atoms with Gasteiger partial charge in [-0.25, -0.2) is 4.98 Å². The maximum absolute atomic E-state index is 5.69. The Morgan fingerprint density at radius 1 is 1.12 bits per heavy atom. The van der Waals surface area contributed by atoms with Gasteiger partial charge in [0.2, 0.25) is 0 Å². The van der Waals surface area contributed by atoms with Gasteiger partial charge in [0.25, 0.3) is 0 Å². The molecule has 0 N–H and O–H groups in total. The second-order valence-corrected chi connectivity index (χ2v) is 3.85. The number of anilines is 2. The molecular weight excluding hydrogens is 234 g/mol. The number of hydrogen-bond acceptors (Lipinski definition) is 3. The van der Waals surface area contributed by atoms with E-state index in [4.69, 9.17) is 11.6 Å². The molecule has 1 aromatic heterocycles. The van der Waals surface area contributed by atoms with Crippen molar-refractivity contribution in [3.05, 3.63) is 48.4 Å². The van der Waals surface area contributed by atoms with Crippen LogP contribution in [0.1, 0.15) is 12.6 Å². The summed E-state index contributed by atoms with van der Waals surface area (Å²) in [5.41, 5.74) is 1.91. The SMILES string of the molecule is CCN(c1ccccc1)c1cnc(CCl)cn1. The highest BCUT2D eigenvalue weighted by Crippen LogP contribution is 2.21. The normalized spacial score (nSPS) is 10.2. The van der Waals surface area contributed by atoms with E-state index in [1.807, 2.05) is 18.2 Å². The van der Waals surface area contributed by atoms with E-state index in [9.17, 15) is 0 Å². The Hall–Kier alpha value is -1.61. The predicted octanol–water partition coefficient (Wildman–Crippen LogP) is 3.37. The molecule has 0 saturated heterocycles. The molecule has 0 bridgehead atoms. The standard InChI is InChI=1S/C13H14ClN3/c1-2-17(12-6-4-3-5-7-12)13-10-15-11(8-14)9-16-13/h3-7,9-10H,2,8H2,1H3. The highest BCUT2D eigenvalue weighted by Gasteiger charge is 2.08. The number of para-hydroxylation sites is 1. The van der Waals surface area contributed by atoms with Crippen LogP contribution >= 0.6 is 11.6 Å². The minimum Gasteiger partial charge on any atom is -0.325 e. The Kier molecular flexibility index (Phi) is 3.94. The molecule has 0 saturated carbocycles. The van der Waals surface area contributed by atoms with Gasteiger partial charge in [0, 0.05) is 12.2 Å². The lowest BCUT2D eigenvalue weighted by molar-refractivity contribution is 0.963. The summed E-state index contributed by atoms with van der Waals surface area (Å²) in [6.45, 7) is 2.93. The van der Waals surface area contributed by atoms with Gasteiger partial charge < -0.3 is 4.90 Å². The molecule has 17 heavy (non-hydrogen) atoms. The van der Waals surface area contributed by atoms with E-state index in [-0.39, 0.29) is 0 Å². The molecule has 4 heteroatoms. The van der Waals surface area contributed by atoms with Crippen LogP contribution in [-0.4, -0.2) is 16.5 Å². The first-order valence-electron chi connectivity index (χ1n) is 5.54. The minimum atomic E-state index is 0.394. The zero-order valence-corrected chi connectivity index (χ0v) is 10.4. The summed E-state index contributed by atoms with van der Waals surface area (Å²) in [4.78, 5) is 10.7. The van der Waals surface area contributed by atoms with Gasteiger partial charge >= 0.3 is 0 Å². The van der Waals surface area contributed by atoms with Crippen LogP contribution in [0, 0.1) is 0 Å². The fourth-order valence-corrected chi connectivity index (χ4v) is 1.78. The third-order valence-electron chi connectivity index (χ3n) is 2.49. The van der Waals surface area contributed by atoms with Crippen LogP contribution in [0.3, 0.4) is 0 Å². The van der Waals surface area contributed by atoms with Crippen LogP contribution in [0.2, 0.25) is 0 Å². The number of aromatic nitrogens is 2. The van der Waals surface area contributed by atoms with E-state index in [2.05, 4.69) is 33.9 Å². The molecule has 0 unspecified atom stereocenters. The Morgan fingerprint density at radius 3 is 2.41 bits per heavy atom. The molecule has 2 rings (SSSR count). The van der Waals surface area contributed by atoms with E-state index in [0.29, 0.717) is 5.88 Å². The first kappa shape index (κ1) is 11.9. The van der Waals surface area contributed by atoms with Gasteiger partial charge in [-0.15, -0.1) is 11.6 Å². The first-order chi connectivity index (χ1) is 8.35. The van der Waals surface area contributed by atoms with Crippen molar-refractivity contribution in [2.45, 2.75) is 12.8 Å². The molecule has 0 amide bonds. The van der Waals surface area contributed by atoms with Crippen LogP contribution in [0.5, 0.6) is 0 Å². The second kappa shape index (κ2) is 5.64. The topological polar surface area (TPSA) is 29.0 Å². The molecule has 0 fully saturated rings. The van der Waals surface area contributed by atoms with Crippen molar-refractivity contribution in [2.24, 2.45) is 0 Å². The average molecular weight is 248 g/mol. The highest BCUT2D eigenvalue weighted by molar-refractivity contribution is 6.16. The molecule has 88 valence electrons. The Morgan fingerprint density at radius 2 is 1.88 bits per heavy atom. The van der Waals surface area contributed by atoms with E-state index in [1.165, 1.54) is 0 Å². The maximum atomic E-state index is 5.69. The third-order valence-corrected chi connectivity index (χ3v) is 2.76. The molecule has 0 atom stereocenters. The van der Waals surface area contributed by atoms with Crippen molar-refractivity contribution in [3.63, 3.8) is 0 Å². The molecule has 0 aliphatic carbocycles. The Bertz CT molecular complexity index is 456. The zero-order chi connectivity index (χ0) is 12.1. The van der Waals surface area contributed by atoms with Crippen molar-refractivity contribution in [2.75, 3.05) is 11.4 Å². The monoisotopic (exact) mass is 247 g/mol. The van der Waals surface area contributed by atoms with Crippen LogP contribution in [0.15, 0.2) is 42.7 Å². The van der Waals surface area contributed by atoms with Crippen molar-refractivity contribution in [1.29, 1.82) is 0 Å². The fourth-order valence-electron chi connectivity index (χ4n) is 1.64. The average Bonchev–Trinajstić information content (AvgIpc) is 2.42. The van der Waals surface area contributed by atoms with Crippen molar-refractivity contribution in [3.8, 4) is 0 Å². The molecule has 0 aliphatic heterocycles. The number of alkyl halides is 1. The summed E-state index contributed by atoms with van der Waals surface area (Å²) < 4.78 is 0. The van der Waals surface area contributed by atoms with E-state index < -0.39 is 0 Å². The smallest absolute Gasteiger partial charge is 0.151 e. The number of hydrogen-bond donors (Lipinski definition) is 0. The number of benzene rings is 1. The van der Waals surface area contributed by atoms with Gasteiger partial charge in [-0.3, -0.25) is 4.98 Å². The number of rotatable bonds is 4. The Labute approximate surface area is 106 Å². The van der Waals surface area contributed by atoms with Gasteiger partial charge in [-0.2, -0.15) is 0 Å². The number of nitrogens with zero attached hydrogens (tertiary/aromatic N) is 3. The van der Waals surface area contributed by atoms with Gasteiger partial charge in [0.05, 0.1) is 24.0 Å². The van der Waals surface area contributed by atoms with Crippen LogP contribution < -0.4 is 4.90 Å². The molecule has 0 radical (unpaired) electrons. The first-order valence-corrected chi connectivity index (χ1v) is 6.08. The third kappa shape index (κ3) is 2.74. The lowest BCUT2D eigenvalue weighted by atomic mass is 10.3. The van der Waals surface area contributed by atoms with Gasteiger partial charge in [0.1, 0.15) is 0 Å². The molecule has 0 spiro atoms. The minimum absolute atomic E-state index is 0.394. The van der Waals surface area contributed by atoms with E-state index in [1.54, 1.807) is 12.4 Å². The zero-order valence-electron chi connectivity index (χ0n) is 9.68. The summed E-state index contributed by atoms with van der Waals surface area (Å²) in [5.74, 6) is 1.23. The van der Waals surface area contributed by atoms with Crippen LogP contribution in [0.25, 0.3) is 0 Å². The largest absolute Gasteiger partial charge is 0.325 e. The lowest BCUT2D eigenvalue weighted by Gasteiger charge is -2.21. The van der Waals surface area contributed by atoms with Gasteiger partial charge in [-0.1, -0.05) is 18.2 Å². The van der Waals surface area contributed by atoms with Crippen LogP contribution in [0.4, 0.5) is 11.5 Å². The highest BCUT2D eigenvalue weighted by atomic mass is 35.5. The molecular formula is C13H14ClN3. The summed E-state index contributed by atoms with van der Waals surface area (Å²) >= 11 is 5.69. The quantitative estimate of drug-likeness (QED) is 0.776. The van der Waals surface area contributed by atoms with E-state index in [0.717, 1.165) is 23.7 Å². The van der Waals surface area contributed by atoms with Gasteiger partial charge in [-0.05, 0) is 19.1 Å². The molecule has 2 aromatic rings. The maximum Gasteiger partial charge on any atom is 0.151 e. The lowest BCUT2D eigenvalue weighted by Crippen LogP contribution is -2.17. The molecule has 0 aliphatic rings. The van der Waals surface area contributed by atoms with Crippen molar-refractivity contribution in [1.82, 2.24) is 9.97 Å². The molecule has 1 heterocycles.